The van der Waals surface area contributed by atoms with Gasteiger partial charge in [0.2, 0.25) is 0 Å². The van der Waals surface area contributed by atoms with Crippen LogP contribution >= 0.6 is 0 Å². The minimum absolute atomic E-state index is 0.120. The third-order valence-corrected chi connectivity index (χ3v) is 3.11. The molecule has 0 radical (unpaired) electrons. The van der Waals surface area contributed by atoms with E-state index in [-0.39, 0.29) is 11.8 Å². The number of ether oxygens (including phenoxy) is 1. The Hall–Kier alpha value is -1.62. The third-order valence-electron chi connectivity index (χ3n) is 3.11. The van der Waals surface area contributed by atoms with E-state index in [0.717, 1.165) is 25.9 Å². The summed E-state index contributed by atoms with van der Waals surface area (Å²) in [4.78, 5) is 17.1. The molecule has 5 heteroatoms. The molecule has 2 rings (SSSR count). The van der Waals surface area contributed by atoms with Crippen LogP contribution in [0, 0.1) is 0 Å². The van der Waals surface area contributed by atoms with Gasteiger partial charge in [-0.1, -0.05) is 0 Å². The fourth-order valence-electron chi connectivity index (χ4n) is 2.35. The number of pyridine rings is 1. The van der Waals surface area contributed by atoms with Crippen molar-refractivity contribution in [2.75, 3.05) is 24.6 Å². The Labute approximate surface area is 106 Å². The van der Waals surface area contributed by atoms with Crippen molar-refractivity contribution < 1.29 is 14.6 Å². The van der Waals surface area contributed by atoms with Gasteiger partial charge in [0.15, 0.2) is 5.69 Å². The number of rotatable bonds is 4. The highest BCUT2D eigenvalue weighted by atomic mass is 16.5. The lowest BCUT2D eigenvalue weighted by Crippen LogP contribution is -2.40. The fourth-order valence-corrected chi connectivity index (χ4v) is 2.35. The van der Waals surface area contributed by atoms with Crippen LogP contribution in [-0.2, 0) is 4.74 Å². The molecule has 1 N–H and O–H groups in total. The predicted octanol–water partition coefficient (Wildman–Crippen LogP) is 1.79. The Bertz CT molecular complexity index is 420. The van der Waals surface area contributed by atoms with Crippen molar-refractivity contribution in [3.63, 3.8) is 0 Å². The van der Waals surface area contributed by atoms with Gasteiger partial charge in [-0.25, -0.2) is 9.78 Å². The van der Waals surface area contributed by atoms with Crippen molar-refractivity contribution >= 4 is 11.7 Å². The minimum Gasteiger partial charge on any atom is -0.476 e. The Morgan fingerprint density at radius 2 is 2.50 bits per heavy atom. The normalized spacial score (nSPS) is 19.8. The molecule has 18 heavy (non-hydrogen) atoms. The first kappa shape index (κ1) is 12.8. The highest BCUT2D eigenvalue weighted by Crippen LogP contribution is 2.23. The van der Waals surface area contributed by atoms with E-state index in [1.54, 1.807) is 6.07 Å². The molecule has 0 saturated carbocycles. The van der Waals surface area contributed by atoms with Gasteiger partial charge in [-0.2, -0.15) is 0 Å². The number of hydrogen-bond acceptors (Lipinski definition) is 4. The van der Waals surface area contributed by atoms with E-state index in [2.05, 4.69) is 9.88 Å². The number of carboxylic acid groups (broad SMARTS) is 1. The van der Waals surface area contributed by atoms with Gasteiger partial charge in [-0.15, -0.1) is 0 Å². The monoisotopic (exact) mass is 250 g/mol. The van der Waals surface area contributed by atoms with Gasteiger partial charge in [0.1, 0.15) is 0 Å². The number of carboxylic acids is 1. The maximum absolute atomic E-state index is 11.2. The van der Waals surface area contributed by atoms with Crippen LogP contribution in [0.4, 0.5) is 5.69 Å². The average molecular weight is 250 g/mol. The van der Waals surface area contributed by atoms with E-state index in [0.29, 0.717) is 12.3 Å². The second-order valence-electron chi connectivity index (χ2n) is 4.34. The molecule has 1 aromatic heterocycles. The summed E-state index contributed by atoms with van der Waals surface area (Å²) in [5.41, 5.74) is 0.809. The lowest BCUT2D eigenvalue weighted by atomic mass is 10.1. The van der Waals surface area contributed by atoms with E-state index in [1.165, 1.54) is 6.20 Å². The zero-order valence-electron chi connectivity index (χ0n) is 10.5. The molecule has 0 bridgehead atoms. The lowest BCUT2D eigenvalue weighted by Gasteiger charge is -2.34. The van der Waals surface area contributed by atoms with Crippen molar-refractivity contribution in [2.24, 2.45) is 0 Å². The first-order chi connectivity index (χ1) is 8.72. The quantitative estimate of drug-likeness (QED) is 0.882. The average Bonchev–Trinajstić information content (AvgIpc) is 2.39. The topological polar surface area (TPSA) is 62.7 Å². The van der Waals surface area contributed by atoms with Crippen LogP contribution in [0.2, 0.25) is 0 Å². The SMILES string of the molecule is CCOC1CCCN(c2cccnc2C(=O)O)C1. The Morgan fingerprint density at radius 3 is 3.22 bits per heavy atom. The first-order valence-electron chi connectivity index (χ1n) is 6.27. The number of aromatic nitrogens is 1. The van der Waals surface area contributed by atoms with Crippen LogP contribution < -0.4 is 4.90 Å². The van der Waals surface area contributed by atoms with Crippen molar-refractivity contribution in [3.05, 3.63) is 24.0 Å². The van der Waals surface area contributed by atoms with Crippen molar-refractivity contribution in [3.8, 4) is 0 Å². The highest BCUT2D eigenvalue weighted by molar-refractivity contribution is 5.92. The largest absolute Gasteiger partial charge is 0.476 e. The number of anilines is 1. The summed E-state index contributed by atoms with van der Waals surface area (Å²) in [5.74, 6) is -0.982. The minimum atomic E-state index is -0.982. The van der Waals surface area contributed by atoms with Gasteiger partial charge in [0.05, 0.1) is 11.8 Å². The molecule has 1 aliphatic rings. The summed E-state index contributed by atoms with van der Waals surface area (Å²) >= 11 is 0. The molecule has 1 atom stereocenters. The molecule has 0 aromatic carbocycles. The second kappa shape index (κ2) is 5.82. The van der Waals surface area contributed by atoms with Gasteiger partial charge in [0, 0.05) is 25.9 Å². The van der Waals surface area contributed by atoms with Gasteiger partial charge < -0.3 is 14.7 Å². The molecular formula is C13H18N2O3. The number of piperidine rings is 1. The van der Waals surface area contributed by atoms with Gasteiger partial charge in [-0.05, 0) is 31.9 Å². The number of carbonyl (C=O) groups is 1. The van der Waals surface area contributed by atoms with Crippen LogP contribution in [0.15, 0.2) is 18.3 Å². The summed E-state index contributed by atoms with van der Waals surface area (Å²) in [5, 5.41) is 9.15. The van der Waals surface area contributed by atoms with Gasteiger partial charge >= 0.3 is 5.97 Å². The summed E-state index contributed by atoms with van der Waals surface area (Å²) in [7, 11) is 0. The Balaban J connectivity index is 2.18. The van der Waals surface area contributed by atoms with E-state index in [4.69, 9.17) is 9.84 Å². The molecule has 2 heterocycles. The standard InChI is InChI=1S/C13H18N2O3/c1-2-18-10-5-4-8-15(9-10)11-6-3-7-14-12(11)13(16)17/h3,6-7,10H,2,4-5,8-9H2,1H3,(H,16,17). The maximum Gasteiger partial charge on any atom is 0.356 e. The Morgan fingerprint density at radius 1 is 1.67 bits per heavy atom. The molecule has 5 nitrogen and oxygen atoms in total. The second-order valence-corrected chi connectivity index (χ2v) is 4.34. The number of nitrogens with zero attached hydrogens (tertiary/aromatic N) is 2. The van der Waals surface area contributed by atoms with E-state index < -0.39 is 5.97 Å². The zero-order valence-corrected chi connectivity index (χ0v) is 10.5. The lowest BCUT2D eigenvalue weighted by molar-refractivity contribution is 0.0523. The summed E-state index contributed by atoms with van der Waals surface area (Å²) in [6, 6.07) is 3.58. The van der Waals surface area contributed by atoms with Crippen LogP contribution in [0.1, 0.15) is 30.3 Å². The fraction of sp³-hybridized carbons (Fsp3) is 0.538. The van der Waals surface area contributed by atoms with Crippen LogP contribution in [0.3, 0.4) is 0 Å². The van der Waals surface area contributed by atoms with Gasteiger partial charge in [-0.3, -0.25) is 0 Å². The van der Waals surface area contributed by atoms with E-state index in [1.807, 2.05) is 13.0 Å². The Kier molecular flexibility index (Phi) is 4.15. The molecule has 1 aromatic rings. The summed E-state index contributed by atoms with van der Waals surface area (Å²) in [6.45, 7) is 4.26. The highest BCUT2D eigenvalue weighted by Gasteiger charge is 2.24. The summed E-state index contributed by atoms with van der Waals surface area (Å²) < 4.78 is 5.63. The van der Waals surface area contributed by atoms with Crippen LogP contribution in [-0.4, -0.2) is 41.9 Å². The van der Waals surface area contributed by atoms with E-state index in [9.17, 15) is 4.79 Å². The molecule has 1 aliphatic heterocycles. The molecule has 0 amide bonds. The summed E-state index contributed by atoms with van der Waals surface area (Å²) in [6.07, 6.45) is 3.74. The molecule has 1 unspecified atom stereocenters. The van der Waals surface area contributed by atoms with Crippen molar-refractivity contribution in [2.45, 2.75) is 25.9 Å². The third kappa shape index (κ3) is 2.79. The number of aromatic carboxylic acids is 1. The van der Waals surface area contributed by atoms with Gasteiger partial charge in [0.25, 0.3) is 0 Å². The predicted molar refractivity (Wildman–Crippen MR) is 68.1 cm³/mol. The molecule has 0 spiro atoms. The van der Waals surface area contributed by atoms with E-state index >= 15 is 0 Å². The molecular weight excluding hydrogens is 232 g/mol. The van der Waals surface area contributed by atoms with Crippen molar-refractivity contribution in [1.82, 2.24) is 4.98 Å². The van der Waals surface area contributed by atoms with Crippen molar-refractivity contribution in [1.29, 1.82) is 0 Å². The maximum atomic E-state index is 11.2. The smallest absolute Gasteiger partial charge is 0.356 e. The molecule has 0 aliphatic carbocycles. The zero-order chi connectivity index (χ0) is 13.0. The first-order valence-corrected chi connectivity index (χ1v) is 6.27. The molecule has 98 valence electrons. The molecule has 1 fully saturated rings. The van der Waals surface area contributed by atoms with Crippen LogP contribution in [0.5, 0.6) is 0 Å². The van der Waals surface area contributed by atoms with Crippen LogP contribution in [0.25, 0.3) is 0 Å². The number of hydrogen-bond donors (Lipinski definition) is 1. The molecule has 1 saturated heterocycles.